The molecule has 0 spiro atoms. The van der Waals surface area contributed by atoms with Crippen LogP contribution in [0.15, 0.2) is 0 Å². The molecule has 15 heavy (non-hydrogen) atoms. The summed E-state index contributed by atoms with van der Waals surface area (Å²) in [4.78, 5) is 2.50. The molecule has 0 aromatic heterocycles. The SMILES string of the molecule is CCCNC1(CCO)CCN(C(C)C)C1. The summed E-state index contributed by atoms with van der Waals surface area (Å²) >= 11 is 0. The van der Waals surface area contributed by atoms with Crippen LogP contribution in [0.1, 0.15) is 40.0 Å². The molecule has 1 fully saturated rings. The van der Waals surface area contributed by atoms with Gasteiger partial charge in [0.2, 0.25) is 0 Å². The number of nitrogens with zero attached hydrogens (tertiary/aromatic N) is 1. The van der Waals surface area contributed by atoms with Gasteiger partial charge in [0, 0.05) is 31.3 Å². The van der Waals surface area contributed by atoms with Crippen molar-refractivity contribution in [2.75, 3.05) is 26.2 Å². The predicted molar refractivity (Wildman–Crippen MR) is 64.1 cm³/mol. The maximum Gasteiger partial charge on any atom is 0.0449 e. The van der Waals surface area contributed by atoms with Crippen molar-refractivity contribution >= 4 is 0 Å². The van der Waals surface area contributed by atoms with E-state index in [1.165, 1.54) is 6.42 Å². The third-order valence-corrected chi connectivity index (χ3v) is 3.45. The van der Waals surface area contributed by atoms with E-state index in [0.717, 1.165) is 32.5 Å². The fourth-order valence-corrected chi connectivity index (χ4v) is 2.39. The Balaban J connectivity index is 2.52. The number of aliphatic hydroxyl groups excluding tert-OH is 1. The van der Waals surface area contributed by atoms with Crippen LogP contribution in [0.2, 0.25) is 0 Å². The first-order chi connectivity index (χ1) is 7.13. The molecule has 0 amide bonds. The second-order valence-corrected chi connectivity index (χ2v) is 4.99. The standard InChI is InChI=1S/C12H26N2O/c1-4-7-13-12(6-9-15)5-8-14(10-12)11(2)3/h11,13,15H,4-10H2,1-3H3. The van der Waals surface area contributed by atoms with Gasteiger partial charge in [0.15, 0.2) is 0 Å². The zero-order valence-electron chi connectivity index (χ0n) is 10.4. The fourth-order valence-electron chi connectivity index (χ4n) is 2.39. The third kappa shape index (κ3) is 3.44. The Labute approximate surface area is 93.9 Å². The number of hydrogen-bond acceptors (Lipinski definition) is 3. The minimum absolute atomic E-state index is 0.176. The van der Waals surface area contributed by atoms with Crippen molar-refractivity contribution in [2.45, 2.75) is 51.6 Å². The van der Waals surface area contributed by atoms with Crippen molar-refractivity contribution in [1.82, 2.24) is 10.2 Å². The summed E-state index contributed by atoms with van der Waals surface area (Å²) in [5.74, 6) is 0. The highest BCUT2D eigenvalue weighted by molar-refractivity contribution is 4.97. The van der Waals surface area contributed by atoms with Crippen LogP contribution >= 0.6 is 0 Å². The van der Waals surface area contributed by atoms with Gasteiger partial charge in [-0.15, -0.1) is 0 Å². The number of nitrogens with one attached hydrogen (secondary N) is 1. The topological polar surface area (TPSA) is 35.5 Å². The minimum atomic E-state index is 0.176. The second kappa shape index (κ2) is 5.83. The van der Waals surface area contributed by atoms with Gasteiger partial charge in [0.25, 0.3) is 0 Å². The summed E-state index contributed by atoms with van der Waals surface area (Å²) in [7, 11) is 0. The Morgan fingerprint density at radius 3 is 2.67 bits per heavy atom. The molecule has 1 rings (SSSR count). The van der Waals surface area contributed by atoms with E-state index in [-0.39, 0.29) is 5.54 Å². The van der Waals surface area contributed by atoms with Gasteiger partial charge in [0.1, 0.15) is 0 Å². The molecule has 1 saturated heterocycles. The van der Waals surface area contributed by atoms with Crippen LogP contribution in [0.3, 0.4) is 0 Å². The lowest BCUT2D eigenvalue weighted by Gasteiger charge is -2.31. The monoisotopic (exact) mass is 214 g/mol. The smallest absolute Gasteiger partial charge is 0.0449 e. The van der Waals surface area contributed by atoms with Crippen LogP contribution in [0.25, 0.3) is 0 Å². The lowest BCUT2D eigenvalue weighted by molar-refractivity contribution is 0.192. The lowest BCUT2D eigenvalue weighted by atomic mass is 9.94. The molecule has 0 aromatic rings. The van der Waals surface area contributed by atoms with Crippen molar-refractivity contribution < 1.29 is 5.11 Å². The molecule has 1 unspecified atom stereocenters. The minimum Gasteiger partial charge on any atom is -0.396 e. The first-order valence-electron chi connectivity index (χ1n) is 6.23. The number of likely N-dealkylation sites (tertiary alicyclic amines) is 1. The van der Waals surface area contributed by atoms with Crippen LogP contribution in [-0.2, 0) is 0 Å². The maximum absolute atomic E-state index is 9.16. The summed E-state index contributed by atoms with van der Waals surface area (Å²) in [6, 6.07) is 0.619. The van der Waals surface area contributed by atoms with E-state index in [4.69, 9.17) is 5.11 Å². The van der Waals surface area contributed by atoms with E-state index >= 15 is 0 Å². The highest BCUT2D eigenvalue weighted by atomic mass is 16.3. The molecule has 1 aliphatic rings. The van der Waals surface area contributed by atoms with Crippen LogP contribution in [-0.4, -0.2) is 47.8 Å². The summed E-state index contributed by atoms with van der Waals surface area (Å²) in [5, 5.41) is 12.8. The molecule has 1 heterocycles. The fraction of sp³-hybridized carbons (Fsp3) is 1.00. The highest BCUT2D eigenvalue weighted by Crippen LogP contribution is 2.26. The summed E-state index contributed by atoms with van der Waals surface area (Å²) in [6.45, 7) is 10.3. The second-order valence-electron chi connectivity index (χ2n) is 4.99. The average Bonchev–Trinajstić information content (AvgIpc) is 2.61. The summed E-state index contributed by atoms with van der Waals surface area (Å²) in [5.41, 5.74) is 0.176. The Kier molecular flexibility index (Phi) is 5.03. The normalized spacial score (nSPS) is 27.8. The van der Waals surface area contributed by atoms with E-state index in [2.05, 4.69) is 31.0 Å². The Bertz CT molecular complexity index is 184. The Morgan fingerprint density at radius 2 is 2.20 bits per heavy atom. The van der Waals surface area contributed by atoms with E-state index in [1.807, 2.05) is 0 Å². The Morgan fingerprint density at radius 1 is 1.47 bits per heavy atom. The molecule has 2 N–H and O–H groups in total. The van der Waals surface area contributed by atoms with Gasteiger partial charge in [0.05, 0.1) is 0 Å². The molecule has 0 saturated carbocycles. The van der Waals surface area contributed by atoms with E-state index in [0.29, 0.717) is 12.6 Å². The van der Waals surface area contributed by atoms with Gasteiger partial charge >= 0.3 is 0 Å². The first kappa shape index (κ1) is 12.9. The third-order valence-electron chi connectivity index (χ3n) is 3.45. The van der Waals surface area contributed by atoms with Crippen molar-refractivity contribution in [1.29, 1.82) is 0 Å². The number of hydrogen-bond donors (Lipinski definition) is 2. The van der Waals surface area contributed by atoms with Crippen LogP contribution in [0.5, 0.6) is 0 Å². The summed E-state index contributed by atoms with van der Waals surface area (Å²) < 4.78 is 0. The average molecular weight is 214 g/mol. The molecule has 1 aliphatic heterocycles. The lowest BCUT2D eigenvalue weighted by Crippen LogP contribution is -2.49. The number of rotatable bonds is 6. The Hall–Kier alpha value is -0.120. The van der Waals surface area contributed by atoms with Crippen LogP contribution in [0.4, 0.5) is 0 Å². The van der Waals surface area contributed by atoms with Gasteiger partial charge in [-0.05, 0) is 39.7 Å². The van der Waals surface area contributed by atoms with Gasteiger partial charge < -0.3 is 10.4 Å². The van der Waals surface area contributed by atoms with Crippen molar-refractivity contribution in [3.8, 4) is 0 Å². The van der Waals surface area contributed by atoms with Crippen molar-refractivity contribution in [2.24, 2.45) is 0 Å². The van der Waals surface area contributed by atoms with E-state index in [9.17, 15) is 0 Å². The van der Waals surface area contributed by atoms with Crippen molar-refractivity contribution in [3.05, 3.63) is 0 Å². The molecule has 0 radical (unpaired) electrons. The molecular weight excluding hydrogens is 188 g/mol. The zero-order chi connectivity index (χ0) is 11.3. The van der Waals surface area contributed by atoms with Gasteiger partial charge in [-0.1, -0.05) is 6.92 Å². The first-order valence-corrected chi connectivity index (χ1v) is 6.23. The van der Waals surface area contributed by atoms with Crippen LogP contribution in [0, 0.1) is 0 Å². The summed E-state index contributed by atoms with van der Waals surface area (Å²) in [6.07, 6.45) is 3.22. The van der Waals surface area contributed by atoms with E-state index in [1.54, 1.807) is 0 Å². The van der Waals surface area contributed by atoms with Gasteiger partial charge in [-0.25, -0.2) is 0 Å². The molecule has 0 aromatic carbocycles. The quantitative estimate of drug-likeness (QED) is 0.698. The molecule has 0 aliphatic carbocycles. The largest absolute Gasteiger partial charge is 0.396 e. The predicted octanol–water partition coefficient (Wildman–Crippen LogP) is 1.22. The number of aliphatic hydroxyl groups is 1. The molecule has 3 nitrogen and oxygen atoms in total. The maximum atomic E-state index is 9.16. The highest BCUT2D eigenvalue weighted by Gasteiger charge is 2.37. The molecule has 3 heteroatoms. The van der Waals surface area contributed by atoms with E-state index < -0.39 is 0 Å². The van der Waals surface area contributed by atoms with Crippen LogP contribution < -0.4 is 5.32 Å². The molecule has 90 valence electrons. The molecule has 1 atom stereocenters. The zero-order valence-corrected chi connectivity index (χ0v) is 10.4. The van der Waals surface area contributed by atoms with Gasteiger partial charge in [-0.2, -0.15) is 0 Å². The molecule has 0 bridgehead atoms. The molecular formula is C12H26N2O. The van der Waals surface area contributed by atoms with Crippen molar-refractivity contribution in [3.63, 3.8) is 0 Å². The van der Waals surface area contributed by atoms with Gasteiger partial charge in [-0.3, -0.25) is 4.90 Å².